The first-order valence-electron chi connectivity index (χ1n) is 9.91. The highest BCUT2D eigenvalue weighted by Crippen LogP contribution is 2.24. The zero-order valence-corrected chi connectivity index (χ0v) is 17.9. The van der Waals surface area contributed by atoms with Crippen molar-refractivity contribution in [3.05, 3.63) is 102 Å². The summed E-state index contributed by atoms with van der Waals surface area (Å²) in [6.07, 6.45) is 0. The molecule has 0 fully saturated rings. The molecule has 0 unspecified atom stereocenters. The van der Waals surface area contributed by atoms with Crippen molar-refractivity contribution >= 4 is 17.7 Å². The number of rotatable bonds is 7. The van der Waals surface area contributed by atoms with Gasteiger partial charge < -0.3 is 11.2 Å². The number of nitrogens with one attached hydrogen (secondary N) is 1. The quantitative estimate of drug-likeness (QED) is 0.343. The van der Waals surface area contributed by atoms with Crippen LogP contribution in [0.1, 0.15) is 22.7 Å². The number of carbonyl (C=O) groups excluding carboxylic acids is 1. The van der Waals surface area contributed by atoms with Crippen LogP contribution in [0.2, 0.25) is 0 Å². The molecule has 0 aliphatic carbocycles. The fraction of sp³-hybridized carbons (Fsp3) is 0.125. The van der Waals surface area contributed by atoms with E-state index in [1.165, 1.54) is 16.4 Å². The number of nitrogens with two attached hydrogens (primary N) is 1. The molecule has 0 bridgehead atoms. The van der Waals surface area contributed by atoms with E-state index in [-0.39, 0.29) is 17.7 Å². The minimum atomic E-state index is -0.227. The lowest BCUT2D eigenvalue weighted by molar-refractivity contribution is -0.119. The van der Waals surface area contributed by atoms with Crippen molar-refractivity contribution in [3.8, 4) is 11.4 Å². The van der Waals surface area contributed by atoms with Gasteiger partial charge in [-0.3, -0.25) is 4.79 Å². The summed E-state index contributed by atoms with van der Waals surface area (Å²) in [5.74, 6) is 6.82. The summed E-state index contributed by atoms with van der Waals surface area (Å²) < 4.78 is 1.43. The summed E-state index contributed by atoms with van der Waals surface area (Å²) in [6.45, 7) is 2.02. The monoisotopic (exact) mass is 429 g/mol. The van der Waals surface area contributed by atoms with Crippen molar-refractivity contribution in [2.24, 2.45) is 0 Å². The van der Waals surface area contributed by atoms with E-state index >= 15 is 0 Å². The number of carbonyl (C=O) groups is 1. The summed E-state index contributed by atoms with van der Waals surface area (Å²) >= 11 is 1.26. The SMILES string of the molecule is Cc1ccc(-c2nnc(SCC(=O)NC(c3ccccc3)c3ccccc3)n2N)cc1. The molecule has 156 valence electrons. The molecular weight excluding hydrogens is 406 g/mol. The number of hydrogen-bond acceptors (Lipinski definition) is 5. The lowest BCUT2D eigenvalue weighted by Crippen LogP contribution is -2.30. The van der Waals surface area contributed by atoms with Gasteiger partial charge in [0.1, 0.15) is 0 Å². The second kappa shape index (κ2) is 9.49. The fourth-order valence-corrected chi connectivity index (χ4v) is 3.93. The van der Waals surface area contributed by atoms with E-state index in [0.717, 1.165) is 22.3 Å². The molecule has 0 saturated carbocycles. The van der Waals surface area contributed by atoms with Gasteiger partial charge >= 0.3 is 0 Å². The van der Waals surface area contributed by atoms with Crippen molar-refractivity contribution in [2.45, 2.75) is 18.1 Å². The Morgan fingerprint density at radius 2 is 1.52 bits per heavy atom. The van der Waals surface area contributed by atoms with Crippen molar-refractivity contribution < 1.29 is 4.79 Å². The number of aryl methyl sites for hydroxylation is 1. The molecule has 1 heterocycles. The van der Waals surface area contributed by atoms with Gasteiger partial charge in [0, 0.05) is 5.56 Å². The standard InChI is InChI=1S/C24H23N5OS/c1-17-12-14-20(15-13-17)23-27-28-24(29(23)25)31-16-21(30)26-22(18-8-4-2-5-9-18)19-10-6-3-7-11-19/h2-15,22H,16,25H2,1H3,(H,26,30). The highest BCUT2D eigenvalue weighted by molar-refractivity contribution is 7.99. The summed E-state index contributed by atoms with van der Waals surface area (Å²) in [7, 11) is 0. The van der Waals surface area contributed by atoms with Gasteiger partial charge in [0.2, 0.25) is 11.1 Å². The number of amides is 1. The van der Waals surface area contributed by atoms with E-state index in [4.69, 9.17) is 5.84 Å². The lowest BCUT2D eigenvalue weighted by atomic mass is 9.99. The Bertz CT molecular complexity index is 1100. The summed E-state index contributed by atoms with van der Waals surface area (Å²) in [4.78, 5) is 12.8. The maximum Gasteiger partial charge on any atom is 0.231 e. The summed E-state index contributed by atoms with van der Waals surface area (Å²) in [5.41, 5.74) is 4.08. The van der Waals surface area contributed by atoms with Crippen LogP contribution < -0.4 is 11.2 Å². The third-order valence-electron chi connectivity index (χ3n) is 4.88. The second-order valence-electron chi connectivity index (χ2n) is 7.15. The van der Waals surface area contributed by atoms with Gasteiger partial charge in [0.25, 0.3) is 0 Å². The van der Waals surface area contributed by atoms with Crippen LogP contribution >= 0.6 is 11.8 Å². The van der Waals surface area contributed by atoms with E-state index in [1.54, 1.807) is 0 Å². The zero-order chi connectivity index (χ0) is 21.6. The van der Waals surface area contributed by atoms with Gasteiger partial charge in [-0.25, -0.2) is 4.68 Å². The average molecular weight is 430 g/mol. The minimum absolute atomic E-state index is 0.109. The number of aromatic nitrogens is 3. The van der Waals surface area contributed by atoms with Crippen molar-refractivity contribution in [3.63, 3.8) is 0 Å². The van der Waals surface area contributed by atoms with Gasteiger partial charge in [0.05, 0.1) is 11.8 Å². The number of nitrogens with zero attached hydrogens (tertiary/aromatic N) is 3. The summed E-state index contributed by atoms with van der Waals surface area (Å²) in [5, 5.41) is 12.0. The van der Waals surface area contributed by atoms with Gasteiger partial charge in [-0.15, -0.1) is 10.2 Å². The Balaban J connectivity index is 1.45. The molecule has 3 aromatic carbocycles. The van der Waals surface area contributed by atoms with Crippen molar-refractivity contribution in [1.82, 2.24) is 20.2 Å². The topological polar surface area (TPSA) is 85.8 Å². The molecule has 31 heavy (non-hydrogen) atoms. The normalized spacial score (nSPS) is 10.9. The largest absolute Gasteiger partial charge is 0.344 e. The molecule has 4 aromatic rings. The fourth-order valence-electron chi connectivity index (χ4n) is 3.26. The lowest BCUT2D eigenvalue weighted by Gasteiger charge is -2.19. The molecule has 1 amide bonds. The first-order valence-corrected chi connectivity index (χ1v) is 10.9. The molecule has 0 saturated heterocycles. The van der Waals surface area contributed by atoms with Crippen molar-refractivity contribution in [2.75, 3.05) is 11.6 Å². The number of hydrogen-bond donors (Lipinski definition) is 2. The van der Waals surface area contributed by atoms with Gasteiger partial charge in [-0.05, 0) is 18.1 Å². The molecule has 4 rings (SSSR count). The maximum absolute atomic E-state index is 12.8. The van der Waals surface area contributed by atoms with Crippen LogP contribution in [0.5, 0.6) is 0 Å². The average Bonchev–Trinajstić information content (AvgIpc) is 3.18. The molecule has 0 spiro atoms. The Hall–Kier alpha value is -3.58. The predicted molar refractivity (Wildman–Crippen MR) is 124 cm³/mol. The molecule has 1 aromatic heterocycles. The third-order valence-corrected chi connectivity index (χ3v) is 5.82. The highest BCUT2D eigenvalue weighted by Gasteiger charge is 2.18. The third kappa shape index (κ3) is 4.95. The van der Waals surface area contributed by atoms with E-state index in [0.29, 0.717) is 11.0 Å². The molecule has 0 atom stereocenters. The van der Waals surface area contributed by atoms with Gasteiger partial charge in [-0.1, -0.05) is 102 Å². The Kier molecular flexibility index (Phi) is 6.33. The minimum Gasteiger partial charge on any atom is -0.344 e. The van der Waals surface area contributed by atoms with Gasteiger partial charge in [0.15, 0.2) is 5.82 Å². The molecule has 6 nitrogen and oxygen atoms in total. The van der Waals surface area contributed by atoms with Crippen LogP contribution in [0.25, 0.3) is 11.4 Å². The van der Waals surface area contributed by atoms with Crippen LogP contribution in [-0.2, 0) is 4.79 Å². The Morgan fingerprint density at radius 1 is 0.935 bits per heavy atom. The first-order chi connectivity index (χ1) is 15.1. The van der Waals surface area contributed by atoms with Crippen LogP contribution in [-0.4, -0.2) is 26.5 Å². The second-order valence-corrected chi connectivity index (χ2v) is 8.10. The molecule has 7 heteroatoms. The smallest absolute Gasteiger partial charge is 0.231 e. The van der Waals surface area contributed by atoms with E-state index in [9.17, 15) is 4.79 Å². The van der Waals surface area contributed by atoms with Crippen LogP contribution in [0, 0.1) is 6.92 Å². The predicted octanol–water partition coefficient (Wildman–Crippen LogP) is 3.97. The Labute approximate surface area is 185 Å². The first kappa shape index (κ1) is 20.7. The number of nitrogen functional groups attached to an aromatic ring is 1. The molecule has 0 aliphatic heterocycles. The zero-order valence-electron chi connectivity index (χ0n) is 17.1. The van der Waals surface area contributed by atoms with Crippen molar-refractivity contribution in [1.29, 1.82) is 0 Å². The maximum atomic E-state index is 12.8. The van der Waals surface area contributed by atoms with Crippen LogP contribution in [0.4, 0.5) is 0 Å². The van der Waals surface area contributed by atoms with Gasteiger partial charge in [-0.2, -0.15) is 0 Å². The van der Waals surface area contributed by atoms with Crippen LogP contribution in [0.15, 0.2) is 90.1 Å². The molecular formula is C24H23N5OS. The number of benzene rings is 3. The number of thioether (sulfide) groups is 1. The molecule has 3 N–H and O–H groups in total. The highest BCUT2D eigenvalue weighted by atomic mass is 32.2. The van der Waals surface area contributed by atoms with E-state index in [2.05, 4.69) is 15.5 Å². The summed E-state index contributed by atoms with van der Waals surface area (Å²) in [6, 6.07) is 27.5. The molecule has 0 aliphatic rings. The molecule has 0 radical (unpaired) electrons. The Morgan fingerprint density at radius 3 is 2.10 bits per heavy atom. The van der Waals surface area contributed by atoms with E-state index in [1.807, 2.05) is 91.9 Å². The van der Waals surface area contributed by atoms with E-state index < -0.39 is 0 Å². The van der Waals surface area contributed by atoms with Crippen LogP contribution in [0.3, 0.4) is 0 Å².